The van der Waals surface area contributed by atoms with Gasteiger partial charge in [-0.1, -0.05) is 48.4 Å². The number of carboxylic acids is 1. The molecule has 0 aliphatic carbocycles. The fraction of sp³-hybridized carbons (Fsp3) is 0.500. The maximum atomic E-state index is 12.9. The van der Waals surface area contributed by atoms with Gasteiger partial charge in [-0.15, -0.1) is 5.92 Å². The predicted molar refractivity (Wildman–Crippen MR) is 117 cm³/mol. The van der Waals surface area contributed by atoms with E-state index in [0.717, 1.165) is 12.0 Å². The molecule has 0 saturated carbocycles. The molecule has 0 aromatic heterocycles. The molecule has 1 saturated heterocycles. The zero-order valence-corrected chi connectivity index (χ0v) is 17.8. The van der Waals surface area contributed by atoms with Gasteiger partial charge in [0, 0.05) is 31.8 Å². The summed E-state index contributed by atoms with van der Waals surface area (Å²) in [6, 6.07) is 9.74. The van der Waals surface area contributed by atoms with Crippen LogP contribution in [0.4, 0.5) is 4.79 Å². The molecule has 0 bridgehead atoms. The van der Waals surface area contributed by atoms with Crippen LogP contribution in [0.3, 0.4) is 0 Å². The molecule has 1 fully saturated rings. The lowest BCUT2D eigenvalue weighted by Crippen LogP contribution is -2.55. The SMILES string of the molecule is CC(C)N1CC[C@H](/C=C/C(O)Cc2ccccc2)N(CC#CCCCC(=O)O)C1=O. The van der Waals surface area contributed by atoms with Crippen molar-refractivity contribution >= 4 is 12.0 Å². The molecule has 1 unspecified atom stereocenters. The molecule has 162 valence electrons. The summed E-state index contributed by atoms with van der Waals surface area (Å²) in [7, 11) is 0. The van der Waals surface area contributed by atoms with Gasteiger partial charge in [0.1, 0.15) is 0 Å². The number of aliphatic hydroxyl groups excluding tert-OH is 1. The lowest BCUT2D eigenvalue weighted by atomic mass is 10.0. The summed E-state index contributed by atoms with van der Waals surface area (Å²) in [5.74, 6) is 5.16. The third-order valence-electron chi connectivity index (χ3n) is 5.09. The van der Waals surface area contributed by atoms with Crippen molar-refractivity contribution in [3.8, 4) is 11.8 Å². The van der Waals surface area contributed by atoms with Crippen molar-refractivity contribution in [3.63, 3.8) is 0 Å². The number of aliphatic carboxylic acids is 1. The Balaban J connectivity index is 2.00. The number of carboxylic acid groups (broad SMARTS) is 1. The van der Waals surface area contributed by atoms with E-state index in [1.807, 2.05) is 55.2 Å². The molecule has 1 aromatic rings. The molecule has 1 aliphatic heterocycles. The summed E-state index contributed by atoms with van der Waals surface area (Å²) in [5, 5.41) is 19.1. The standard InChI is InChI=1S/C24H32N2O4/c1-19(2)25-17-15-21(13-14-22(27)18-20-10-6-5-7-11-20)26(24(25)30)16-9-4-3-8-12-23(28)29/h5-7,10-11,13-14,19,21-22,27H,3,8,12,15-18H2,1-2H3,(H,28,29)/b14-13+/t21-,22?/m0/s1. The summed E-state index contributed by atoms with van der Waals surface area (Å²) >= 11 is 0. The number of urea groups is 1. The second-order valence-electron chi connectivity index (χ2n) is 7.80. The topological polar surface area (TPSA) is 81.1 Å². The van der Waals surface area contributed by atoms with Crippen molar-refractivity contribution in [2.24, 2.45) is 0 Å². The number of aliphatic hydroxyl groups is 1. The third kappa shape index (κ3) is 7.57. The van der Waals surface area contributed by atoms with Crippen molar-refractivity contribution in [3.05, 3.63) is 48.0 Å². The summed E-state index contributed by atoms with van der Waals surface area (Å²) in [6.45, 7) is 4.95. The molecule has 0 radical (unpaired) electrons. The van der Waals surface area contributed by atoms with E-state index in [0.29, 0.717) is 32.4 Å². The van der Waals surface area contributed by atoms with Crippen molar-refractivity contribution in [2.75, 3.05) is 13.1 Å². The van der Waals surface area contributed by atoms with E-state index in [1.54, 1.807) is 11.0 Å². The second-order valence-corrected chi connectivity index (χ2v) is 7.80. The van der Waals surface area contributed by atoms with E-state index in [2.05, 4.69) is 11.8 Å². The molecule has 30 heavy (non-hydrogen) atoms. The van der Waals surface area contributed by atoms with Gasteiger partial charge >= 0.3 is 12.0 Å². The maximum Gasteiger partial charge on any atom is 0.321 e. The Kier molecular flexibility index (Phi) is 9.43. The number of rotatable bonds is 9. The highest BCUT2D eigenvalue weighted by Crippen LogP contribution is 2.19. The minimum absolute atomic E-state index is 0.0525. The molecule has 2 atom stereocenters. The normalized spacial score (nSPS) is 17.9. The van der Waals surface area contributed by atoms with E-state index in [1.165, 1.54) is 0 Å². The van der Waals surface area contributed by atoms with Crippen LogP contribution in [0.15, 0.2) is 42.5 Å². The highest BCUT2D eigenvalue weighted by Gasteiger charge is 2.32. The fourth-order valence-electron chi connectivity index (χ4n) is 3.43. The van der Waals surface area contributed by atoms with Crippen LogP contribution < -0.4 is 0 Å². The first kappa shape index (κ1) is 23.5. The molecule has 6 heteroatoms. The maximum absolute atomic E-state index is 12.9. The minimum atomic E-state index is -0.824. The molecule has 2 amide bonds. The number of unbranched alkanes of at least 4 members (excludes halogenated alkanes) is 1. The lowest BCUT2D eigenvalue weighted by molar-refractivity contribution is -0.137. The van der Waals surface area contributed by atoms with Crippen molar-refractivity contribution in [2.45, 2.75) is 64.1 Å². The molecule has 1 aromatic carbocycles. The van der Waals surface area contributed by atoms with Crippen LogP contribution in [0.25, 0.3) is 0 Å². The number of benzene rings is 1. The van der Waals surface area contributed by atoms with Crippen LogP contribution in [0.5, 0.6) is 0 Å². The number of nitrogens with zero attached hydrogens (tertiary/aromatic N) is 2. The number of hydrogen-bond acceptors (Lipinski definition) is 3. The van der Waals surface area contributed by atoms with Crippen LogP contribution in [0, 0.1) is 11.8 Å². The molecule has 1 aliphatic rings. The monoisotopic (exact) mass is 412 g/mol. The van der Waals surface area contributed by atoms with Crippen LogP contribution in [-0.4, -0.2) is 63.3 Å². The van der Waals surface area contributed by atoms with Gasteiger partial charge in [-0.2, -0.15) is 0 Å². The molecular weight excluding hydrogens is 380 g/mol. The summed E-state index contributed by atoms with van der Waals surface area (Å²) in [6.07, 6.45) is 5.47. The summed E-state index contributed by atoms with van der Waals surface area (Å²) in [5.41, 5.74) is 1.06. The van der Waals surface area contributed by atoms with E-state index >= 15 is 0 Å². The van der Waals surface area contributed by atoms with Gasteiger partial charge < -0.3 is 20.0 Å². The van der Waals surface area contributed by atoms with Gasteiger partial charge in [0.15, 0.2) is 0 Å². The number of hydrogen-bond donors (Lipinski definition) is 2. The van der Waals surface area contributed by atoms with E-state index < -0.39 is 12.1 Å². The summed E-state index contributed by atoms with van der Waals surface area (Å²) in [4.78, 5) is 27.1. The Bertz CT molecular complexity index is 779. The zero-order valence-electron chi connectivity index (χ0n) is 17.8. The Morgan fingerprint density at radius 2 is 2.00 bits per heavy atom. The molecule has 0 spiro atoms. The van der Waals surface area contributed by atoms with Gasteiger partial charge in [-0.3, -0.25) is 4.79 Å². The third-order valence-corrected chi connectivity index (χ3v) is 5.09. The Morgan fingerprint density at radius 1 is 1.27 bits per heavy atom. The van der Waals surface area contributed by atoms with Gasteiger partial charge in [-0.05, 0) is 32.3 Å². The number of amides is 2. The smallest absolute Gasteiger partial charge is 0.321 e. The van der Waals surface area contributed by atoms with E-state index in [-0.39, 0.29) is 24.5 Å². The van der Waals surface area contributed by atoms with Gasteiger partial charge in [0.25, 0.3) is 0 Å². The van der Waals surface area contributed by atoms with Gasteiger partial charge in [0.2, 0.25) is 0 Å². The lowest BCUT2D eigenvalue weighted by Gasteiger charge is -2.41. The molecule has 1 heterocycles. The minimum Gasteiger partial charge on any atom is -0.481 e. The molecule has 2 rings (SSSR count). The number of carbonyl (C=O) groups excluding carboxylic acids is 1. The first-order chi connectivity index (χ1) is 14.4. The molecule has 6 nitrogen and oxygen atoms in total. The van der Waals surface area contributed by atoms with Crippen LogP contribution in [0.1, 0.15) is 45.1 Å². The highest BCUT2D eigenvalue weighted by molar-refractivity contribution is 5.76. The summed E-state index contributed by atoms with van der Waals surface area (Å²) < 4.78 is 0. The van der Waals surface area contributed by atoms with Crippen molar-refractivity contribution in [1.29, 1.82) is 0 Å². The van der Waals surface area contributed by atoms with E-state index in [9.17, 15) is 14.7 Å². The number of carbonyl (C=O) groups is 2. The predicted octanol–water partition coefficient (Wildman–Crippen LogP) is 3.31. The zero-order chi connectivity index (χ0) is 21.9. The largest absolute Gasteiger partial charge is 0.481 e. The van der Waals surface area contributed by atoms with Crippen LogP contribution >= 0.6 is 0 Å². The Morgan fingerprint density at radius 3 is 2.67 bits per heavy atom. The van der Waals surface area contributed by atoms with Gasteiger partial charge in [-0.25, -0.2) is 4.79 Å². The fourth-order valence-corrected chi connectivity index (χ4v) is 3.43. The van der Waals surface area contributed by atoms with E-state index in [4.69, 9.17) is 5.11 Å². The highest BCUT2D eigenvalue weighted by atomic mass is 16.4. The van der Waals surface area contributed by atoms with Crippen LogP contribution in [0.2, 0.25) is 0 Å². The average Bonchev–Trinajstić information content (AvgIpc) is 2.70. The van der Waals surface area contributed by atoms with Crippen molar-refractivity contribution in [1.82, 2.24) is 9.80 Å². The van der Waals surface area contributed by atoms with Gasteiger partial charge in [0.05, 0.1) is 18.7 Å². The first-order valence-corrected chi connectivity index (χ1v) is 10.5. The Labute approximate surface area is 179 Å². The average molecular weight is 413 g/mol. The van der Waals surface area contributed by atoms with Crippen molar-refractivity contribution < 1.29 is 19.8 Å². The second kappa shape index (κ2) is 12.0. The molecule has 2 N–H and O–H groups in total. The van der Waals surface area contributed by atoms with Crippen LogP contribution in [-0.2, 0) is 11.2 Å². The first-order valence-electron chi connectivity index (χ1n) is 10.5. The molecular formula is C24H32N2O4. The quantitative estimate of drug-likeness (QED) is 0.370. The Hall–Kier alpha value is -2.78.